The fourth-order valence-electron chi connectivity index (χ4n) is 4.00. The number of benzene rings is 2. The van der Waals surface area contributed by atoms with Gasteiger partial charge < -0.3 is 15.0 Å². The molecule has 1 N–H and O–H groups in total. The fourth-order valence-corrected chi connectivity index (χ4v) is 4.76. The van der Waals surface area contributed by atoms with Gasteiger partial charge in [-0.15, -0.1) is 0 Å². The maximum atomic E-state index is 13.4. The molecule has 3 amide bonds. The van der Waals surface area contributed by atoms with E-state index >= 15 is 0 Å². The average Bonchev–Trinajstić information content (AvgIpc) is 3.22. The van der Waals surface area contributed by atoms with Crippen molar-refractivity contribution in [3.8, 4) is 0 Å². The van der Waals surface area contributed by atoms with Gasteiger partial charge in [0.05, 0.1) is 0 Å². The highest BCUT2D eigenvalue weighted by Gasteiger charge is 2.25. The Morgan fingerprint density at radius 1 is 1.09 bits per heavy atom. The third kappa shape index (κ3) is 6.55. The second-order valence-corrected chi connectivity index (χ2v) is 10.9. The Balaban J connectivity index is 1.28. The molecule has 2 aliphatic heterocycles. The van der Waals surface area contributed by atoms with E-state index in [0.29, 0.717) is 25.3 Å². The van der Waals surface area contributed by atoms with Gasteiger partial charge in [-0.05, 0) is 73.7 Å². The van der Waals surface area contributed by atoms with Crippen LogP contribution in [0.1, 0.15) is 43.9 Å². The van der Waals surface area contributed by atoms with Gasteiger partial charge in [-0.3, -0.25) is 0 Å². The summed E-state index contributed by atoms with van der Waals surface area (Å²) >= 11 is 1.36. The van der Waals surface area contributed by atoms with Crippen molar-refractivity contribution in [1.82, 2.24) is 13.5 Å². The van der Waals surface area contributed by atoms with E-state index in [2.05, 4.69) is 15.7 Å². The first-order valence-electron chi connectivity index (χ1n) is 11.6. The van der Waals surface area contributed by atoms with Crippen LogP contribution in [-0.2, 0) is 17.8 Å². The van der Waals surface area contributed by atoms with Crippen LogP contribution >= 0.6 is 12.1 Å². The lowest BCUT2D eigenvalue weighted by Crippen LogP contribution is -2.34. The number of carbonyl (C=O) groups is 2. The molecule has 0 atom stereocenters. The van der Waals surface area contributed by atoms with Crippen molar-refractivity contribution < 1.29 is 18.7 Å². The van der Waals surface area contributed by atoms with Crippen molar-refractivity contribution in [2.24, 2.45) is 0 Å². The molecule has 0 saturated carbocycles. The number of ether oxygens (including phenoxy) is 1. The molecule has 0 fully saturated rings. The molecule has 0 radical (unpaired) electrons. The van der Waals surface area contributed by atoms with Gasteiger partial charge in [0.15, 0.2) is 0 Å². The number of rotatable bonds is 4. The Kier molecular flexibility index (Phi) is 7.37. The molecule has 35 heavy (non-hydrogen) atoms. The van der Waals surface area contributed by atoms with E-state index in [-0.39, 0.29) is 17.9 Å². The van der Waals surface area contributed by atoms with E-state index < -0.39 is 5.60 Å². The lowest BCUT2D eigenvalue weighted by Gasteiger charge is -2.30. The second kappa shape index (κ2) is 10.3. The molecule has 0 aliphatic carbocycles. The molecule has 0 aromatic heterocycles. The van der Waals surface area contributed by atoms with Crippen molar-refractivity contribution in [3.05, 3.63) is 71.0 Å². The quantitative estimate of drug-likeness (QED) is 0.533. The summed E-state index contributed by atoms with van der Waals surface area (Å²) < 4.78 is 22.5. The Bertz CT molecular complexity index is 1130. The average molecular weight is 499 g/mol. The monoisotopic (exact) mass is 498 g/mol. The molecular formula is C26H31FN4O3S. The Labute approximate surface area is 210 Å². The van der Waals surface area contributed by atoms with Crippen LogP contribution in [0.4, 0.5) is 19.7 Å². The number of nitrogens with one attached hydrogen (secondary N) is 1. The van der Waals surface area contributed by atoms with Crippen LogP contribution in [0.15, 0.2) is 48.5 Å². The maximum Gasteiger partial charge on any atom is 0.421 e. The molecular weight excluding hydrogens is 467 g/mol. The number of nitrogens with zero attached hydrogens (tertiary/aromatic N) is 3. The number of hydrogen-bond donors (Lipinski definition) is 1. The zero-order chi connectivity index (χ0) is 25.2. The van der Waals surface area contributed by atoms with E-state index in [0.717, 1.165) is 29.7 Å². The summed E-state index contributed by atoms with van der Waals surface area (Å²) in [6.07, 6.45) is 2.65. The van der Waals surface area contributed by atoms with Crippen LogP contribution in [0.5, 0.6) is 0 Å². The summed E-state index contributed by atoms with van der Waals surface area (Å²) in [5.41, 5.74) is 4.36. The van der Waals surface area contributed by atoms with Crippen LogP contribution in [-0.4, -0.2) is 51.4 Å². The molecule has 2 aromatic carbocycles. The molecule has 0 saturated heterocycles. The first-order valence-corrected chi connectivity index (χ1v) is 12.3. The van der Waals surface area contributed by atoms with Crippen molar-refractivity contribution in [1.29, 1.82) is 0 Å². The predicted molar refractivity (Wildman–Crippen MR) is 137 cm³/mol. The Morgan fingerprint density at radius 3 is 2.46 bits per heavy atom. The number of carbonyl (C=O) groups excluding carboxylic acids is 2. The summed E-state index contributed by atoms with van der Waals surface area (Å²) in [5.74, 6) is -0.282. The predicted octanol–water partition coefficient (Wildman–Crippen LogP) is 5.89. The van der Waals surface area contributed by atoms with Gasteiger partial charge >= 0.3 is 12.1 Å². The zero-order valence-corrected chi connectivity index (χ0v) is 21.3. The fraction of sp³-hybridized carbons (Fsp3) is 0.385. The third-order valence-electron chi connectivity index (χ3n) is 5.75. The van der Waals surface area contributed by atoms with E-state index in [1.165, 1.54) is 34.1 Å². The van der Waals surface area contributed by atoms with Gasteiger partial charge in [0.1, 0.15) is 11.4 Å². The van der Waals surface area contributed by atoms with Crippen molar-refractivity contribution in [2.75, 3.05) is 25.5 Å². The topological polar surface area (TPSA) is 65.1 Å². The van der Waals surface area contributed by atoms with Crippen molar-refractivity contribution in [3.63, 3.8) is 0 Å². The van der Waals surface area contributed by atoms with Crippen LogP contribution in [0.25, 0.3) is 5.57 Å². The smallest absolute Gasteiger partial charge is 0.421 e. The van der Waals surface area contributed by atoms with Crippen molar-refractivity contribution in [2.45, 2.75) is 45.9 Å². The normalized spacial score (nSPS) is 15.9. The number of anilines is 1. The van der Waals surface area contributed by atoms with Crippen LogP contribution in [0.3, 0.4) is 0 Å². The Hall–Kier alpha value is -3.04. The highest BCUT2D eigenvalue weighted by molar-refractivity contribution is 7.95. The minimum absolute atomic E-state index is 0.201. The summed E-state index contributed by atoms with van der Waals surface area (Å²) in [4.78, 5) is 26.5. The number of amides is 3. The largest absolute Gasteiger partial charge is 0.443 e. The van der Waals surface area contributed by atoms with Crippen LogP contribution < -0.4 is 5.32 Å². The molecule has 9 heteroatoms. The van der Waals surface area contributed by atoms with Gasteiger partial charge in [-0.25, -0.2) is 22.6 Å². The van der Waals surface area contributed by atoms with Crippen LogP contribution in [0.2, 0.25) is 0 Å². The van der Waals surface area contributed by atoms with E-state index in [1.54, 1.807) is 18.0 Å². The lowest BCUT2D eigenvalue weighted by molar-refractivity contribution is 0.0428. The number of halogens is 1. The molecule has 7 nitrogen and oxygen atoms in total. The van der Waals surface area contributed by atoms with Gasteiger partial charge in [-0.1, -0.05) is 24.3 Å². The highest BCUT2D eigenvalue weighted by atomic mass is 32.2. The summed E-state index contributed by atoms with van der Waals surface area (Å²) in [5, 5.41) is 2.93. The van der Waals surface area contributed by atoms with Gasteiger partial charge in [0, 0.05) is 51.0 Å². The molecule has 2 aromatic rings. The zero-order valence-electron chi connectivity index (χ0n) is 20.5. The Morgan fingerprint density at radius 2 is 1.80 bits per heavy atom. The summed E-state index contributed by atoms with van der Waals surface area (Å²) in [6, 6.07) is 12.3. The maximum absolute atomic E-state index is 13.4. The number of fused-ring (bicyclic) bond motifs is 1. The minimum atomic E-state index is -0.522. The van der Waals surface area contributed by atoms with Gasteiger partial charge in [0.25, 0.3) is 0 Å². The van der Waals surface area contributed by atoms with Gasteiger partial charge in [-0.2, -0.15) is 0 Å². The highest BCUT2D eigenvalue weighted by Crippen LogP contribution is 2.29. The first-order chi connectivity index (χ1) is 16.6. The molecule has 4 rings (SSSR count). The molecule has 0 bridgehead atoms. The standard InChI is InChI=1S/C26H31FN4O3S/c1-26(2,3)34-25(33)29(4)35-31-13-11-19(12-14-31)18-6-9-23(10-7-18)28-24(32)30-16-20-5-8-22(27)15-21(20)17-30/h5-11,15H,12-14,16-17H2,1-4H3,(H,28,32). The summed E-state index contributed by atoms with van der Waals surface area (Å²) in [6.45, 7) is 7.95. The van der Waals surface area contributed by atoms with E-state index in [1.807, 2.05) is 45.0 Å². The van der Waals surface area contributed by atoms with E-state index in [9.17, 15) is 14.0 Å². The molecule has 0 spiro atoms. The SMILES string of the molecule is CN(SN1CC=C(c2ccc(NC(=O)N3Cc4ccc(F)cc4C3)cc2)CC1)C(=O)OC(C)(C)C. The number of hydrogen-bond acceptors (Lipinski definition) is 5. The molecule has 0 unspecified atom stereocenters. The minimum Gasteiger partial charge on any atom is -0.443 e. The van der Waals surface area contributed by atoms with E-state index in [4.69, 9.17) is 4.74 Å². The molecule has 186 valence electrons. The van der Waals surface area contributed by atoms with Gasteiger partial charge in [0.2, 0.25) is 0 Å². The first kappa shape index (κ1) is 25.1. The van der Waals surface area contributed by atoms with Crippen molar-refractivity contribution >= 4 is 35.5 Å². The number of urea groups is 1. The summed E-state index contributed by atoms with van der Waals surface area (Å²) in [7, 11) is 1.71. The molecule has 2 heterocycles. The third-order valence-corrected chi connectivity index (χ3v) is 6.70. The van der Waals surface area contributed by atoms with Crippen LogP contribution in [0, 0.1) is 5.82 Å². The lowest BCUT2D eigenvalue weighted by atomic mass is 10.0. The second-order valence-electron chi connectivity index (χ2n) is 9.70. The molecule has 2 aliphatic rings.